The minimum atomic E-state index is -3.81. The van der Waals surface area contributed by atoms with Crippen LogP contribution in [0.5, 0.6) is 0 Å². The average Bonchev–Trinajstić information content (AvgIpc) is 2.73. The average molecular weight is 451 g/mol. The minimum absolute atomic E-state index is 0.0541. The van der Waals surface area contributed by atoms with Crippen LogP contribution in [0.2, 0.25) is 5.02 Å². The van der Waals surface area contributed by atoms with Gasteiger partial charge in [-0.05, 0) is 61.6 Å². The summed E-state index contributed by atoms with van der Waals surface area (Å²) >= 11 is 5.79. The van der Waals surface area contributed by atoms with E-state index >= 15 is 0 Å². The molecule has 2 heterocycles. The lowest BCUT2D eigenvalue weighted by atomic mass is 9.99. The Morgan fingerprint density at radius 3 is 2.47 bits per heavy atom. The first-order chi connectivity index (χ1) is 14.2. The molecule has 1 saturated heterocycles. The summed E-state index contributed by atoms with van der Waals surface area (Å²) in [5.74, 6) is 1.29. The van der Waals surface area contributed by atoms with Crippen LogP contribution < -0.4 is 14.9 Å². The Kier molecular flexibility index (Phi) is 7.33. The molecular weight excluding hydrogens is 424 g/mol. The van der Waals surface area contributed by atoms with E-state index in [0.717, 1.165) is 30.4 Å². The van der Waals surface area contributed by atoms with Gasteiger partial charge in [-0.15, -0.1) is 0 Å². The molecule has 2 N–H and O–H groups in total. The van der Waals surface area contributed by atoms with Gasteiger partial charge in [0.1, 0.15) is 5.82 Å². The lowest BCUT2D eigenvalue weighted by Crippen LogP contribution is -2.44. The molecule has 1 aliphatic heterocycles. The van der Waals surface area contributed by atoms with E-state index in [-0.39, 0.29) is 11.4 Å². The molecule has 0 aliphatic carbocycles. The number of nitrogens with zero attached hydrogens (tertiary/aromatic N) is 2. The summed E-state index contributed by atoms with van der Waals surface area (Å²) < 4.78 is 27.2. The summed E-state index contributed by atoms with van der Waals surface area (Å²) in [6.07, 6.45) is 4.09. The maximum absolute atomic E-state index is 12.4. The number of rotatable bonds is 7. The summed E-state index contributed by atoms with van der Waals surface area (Å²) in [7, 11) is -3.81. The highest BCUT2D eigenvalue weighted by Gasteiger charge is 2.22. The van der Waals surface area contributed by atoms with Gasteiger partial charge in [0.2, 0.25) is 15.9 Å². The van der Waals surface area contributed by atoms with Gasteiger partial charge in [0, 0.05) is 30.9 Å². The van der Waals surface area contributed by atoms with Crippen molar-refractivity contribution in [3.05, 3.63) is 53.2 Å². The number of hydrogen-bond acceptors (Lipinski definition) is 5. The summed E-state index contributed by atoms with van der Waals surface area (Å²) in [5, 5.41) is 3.19. The number of carbonyl (C=O) groups excluding carboxylic acids is 1. The lowest BCUT2D eigenvalue weighted by molar-refractivity contribution is -0.122. The molecule has 0 bridgehead atoms. The molecule has 3 rings (SSSR count). The highest BCUT2D eigenvalue weighted by atomic mass is 35.5. The first kappa shape index (κ1) is 22.5. The van der Waals surface area contributed by atoms with Crippen LogP contribution in [0.4, 0.5) is 5.82 Å². The zero-order valence-electron chi connectivity index (χ0n) is 17.1. The molecule has 0 spiro atoms. The Hall–Kier alpha value is -2.16. The third-order valence-corrected chi connectivity index (χ3v) is 7.04. The van der Waals surface area contributed by atoms with Crippen molar-refractivity contribution in [2.24, 2.45) is 5.92 Å². The van der Waals surface area contributed by atoms with Crippen LogP contribution in [0, 0.1) is 5.92 Å². The SMILES string of the molecule is CC1CCN(c2ccc(CNC(=O)[C@H](C)NS(=O)(=O)c3ccc(Cl)cc3)cn2)CC1. The van der Waals surface area contributed by atoms with Crippen molar-refractivity contribution in [2.75, 3.05) is 18.0 Å². The van der Waals surface area contributed by atoms with Gasteiger partial charge in [-0.2, -0.15) is 4.72 Å². The Morgan fingerprint density at radius 1 is 1.20 bits per heavy atom. The van der Waals surface area contributed by atoms with E-state index in [0.29, 0.717) is 5.02 Å². The van der Waals surface area contributed by atoms with Gasteiger partial charge >= 0.3 is 0 Å². The van der Waals surface area contributed by atoms with E-state index in [2.05, 4.69) is 26.8 Å². The van der Waals surface area contributed by atoms with Crippen molar-refractivity contribution in [1.29, 1.82) is 0 Å². The van der Waals surface area contributed by atoms with E-state index in [9.17, 15) is 13.2 Å². The van der Waals surface area contributed by atoms with Crippen LogP contribution in [0.3, 0.4) is 0 Å². The summed E-state index contributed by atoms with van der Waals surface area (Å²) in [4.78, 5) is 19.2. The predicted molar refractivity (Wildman–Crippen MR) is 118 cm³/mol. The number of nitrogens with one attached hydrogen (secondary N) is 2. The van der Waals surface area contributed by atoms with Gasteiger partial charge in [0.25, 0.3) is 0 Å². The van der Waals surface area contributed by atoms with Crippen LogP contribution in [0.25, 0.3) is 0 Å². The second-order valence-electron chi connectivity index (χ2n) is 7.71. The topological polar surface area (TPSA) is 91.4 Å². The standard InChI is InChI=1S/C21H27ClN4O3S/c1-15-9-11-26(12-10-15)20-8-3-17(13-23-20)14-24-21(27)16(2)25-30(28,29)19-6-4-18(22)5-7-19/h3-8,13,15-16,25H,9-12,14H2,1-2H3,(H,24,27)/t16-/m0/s1. The highest BCUT2D eigenvalue weighted by molar-refractivity contribution is 7.89. The molecule has 30 heavy (non-hydrogen) atoms. The summed E-state index contributed by atoms with van der Waals surface area (Å²) in [6, 6.07) is 8.74. The normalized spacial score (nSPS) is 16.3. The van der Waals surface area contributed by atoms with Gasteiger partial charge in [-0.25, -0.2) is 13.4 Å². The van der Waals surface area contributed by atoms with Gasteiger partial charge in [0.05, 0.1) is 10.9 Å². The number of hydrogen-bond donors (Lipinski definition) is 2. The van der Waals surface area contributed by atoms with Crippen LogP contribution in [0.15, 0.2) is 47.5 Å². The van der Waals surface area contributed by atoms with Crippen molar-refractivity contribution >= 4 is 33.3 Å². The fourth-order valence-corrected chi connectivity index (χ4v) is 4.59. The van der Waals surface area contributed by atoms with Gasteiger partial charge in [-0.1, -0.05) is 24.6 Å². The molecule has 1 amide bonds. The fraction of sp³-hybridized carbons (Fsp3) is 0.429. The van der Waals surface area contributed by atoms with E-state index < -0.39 is 22.0 Å². The third-order valence-electron chi connectivity index (χ3n) is 5.23. The molecule has 1 fully saturated rings. The molecule has 0 saturated carbocycles. The monoisotopic (exact) mass is 450 g/mol. The van der Waals surface area contributed by atoms with Crippen LogP contribution in [0.1, 0.15) is 32.3 Å². The molecule has 1 aromatic heterocycles. The van der Waals surface area contributed by atoms with Crippen molar-refractivity contribution in [2.45, 2.75) is 44.2 Å². The predicted octanol–water partition coefficient (Wildman–Crippen LogP) is 2.95. The molecule has 0 unspecified atom stereocenters. The smallest absolute Gasteiger partial charge is 0.241 e. The Labute approximate surface area is 182 Å². The van der Waals surface area contributed by atoms with Gasteiger partial charge in [0.15, 0.2) is 0 Å². The number of piperidine rings is 1. The summed E-state index contributed by atoms with van der Waals surface area (Å²) in [5.41, 5.74) is 0.852. The van der Waals surface area contributed by atoms with E-state index in [1.807, 2.05) is 12.1 Å². The van der Waals surface area contributed by atoms with Crippen LogP contribution in [-0.2, 0) is 21.4 Å². The molecule has 1 atom stereocenters. The minimum Gasteiger partial charge on any atom is -0.357 e. The molecule has 162 valence electrons. The van der Waals surface area contributed by atoms with Crippen molar-refractivity contribution in [3.63, 3.8) is 0 Å². The highest BCUT2D eigenvalue weighted by Crippen LogP contribution is 2.21. The number of sulfonamides is 1. The maximum Gasteiger partial charge on any atom is 0.241 e. The quantitative estimate of drug-likeness (QED) is 0.676. The van der Waals surface area contributed by atoms with Crippen LogP contribution in [-0.4, -0.2) is 38.4 Å². The second-order valence-corrected chi connectivity index (χ2v) is 9.86. The van der Waals surface area contributed by atoms with Crippen molar-refractivity contribution in [1.82, 2.24) is 15.0 Å². The molecule has 9 heteroatoms. The number of benzene rings is 1. The van der Waals surface area contributed by atoms with Crippen molar-refractivity contribution < 1.29 is 13.2 Å². The largest absolute Gasteiger partial charge is 0.357 e. The molecule has 2 aromatic rings. The fourth-order valence-electron chi connectivity index (χ4n) is 3.26. The number of carbonyl (C=O) groups is 1. The third kappa shape index (κ3) is 5.93. The number of amides is 1. The zero-order valence-corrected chi connectivity index (χ0v) is 18.7. The number of pyridine rings is 1. The molecule has 1 aliphatic rings. The number of anilines is 1. The number of aromatic nitrogens is 1. The van der Waals surface area contributed by atoms with E-state index in [4.69, 9.17) is 11.6 Å². The van der Waals surface area contributed by atoms with Crippen LogP contribution >= 0.6 is 11.6 Å². The molecule has 1 aromatic carbocycles. The first-order valence-corrected chi connectivity index (χ1v) is 11.9. The zero-order chi connectivity index (χ0) is 21.7. The van der Waals surface area contributed by atoms with Gasteiger partial charge < -0.3 is 10.2 Å². The number of halogens is 1. The second kappa shape index (κ2) is 9.76. The molecular formula is C21H27ClN4O3S. The lowest BCUT2D eigenvalue weighted by Gasteiger charge is -2.31. The summed E-state index contributed by atoms with van der Waals surface area (Å²) in [6.45, 7) is 6.07. The van der Waals surface area contributed by atoms with Crippen molar-refractivity contribution in [3.8, 4) is 0 Å². The Morgan fingerprint density at radius 2 is 1.87 bits per heavy atom. The Bertz CT molecular complexity index is 957. The van der Waals surface area contributed by atoms with E-state index in [1.165, 1.54) is 44.0 Å². The van der Waals surface area contributed by atoms with E-state index in [1.54, 1.807) is 6.20 Å². The first-order valence-electron chi connectivity index (χ1n) is 10.00. The molecule has 0 radical (unpaired) electrons. The Balaban J connectivity index is 1.51. The molecule has 7 nitrogen and oxygen atoms in total. The maximum atomic E-state index is 12.4. The van der Waals surface area contributed by atoms with Gasteiger partial charge in [-0.3, -0.25) is 4.79 Å².